The fraction of sp³-hybridized carbons (Fsp3) is 0.0714. The molecule has 2 nitrogen and oxygen atoms in total. The van der Waals surface area contributed by atoms with Gasteiger partial charge in [-0.05, 0) is 52.4 Å². The molecule has 2 aromatic rings. The highest BCUT2D eigenvalue weighted by atomic mass is 127. The Balaban J connectivity index is 2.10. The van der Waals surface area contributed by atoms with Crippen molar-refractivity contribution in [2.24, 2.45) is 0 Å². The Morgan fingerprint density at radius 1 is 1.16 bits per heavy atom. The SMILES string of the molecule is O=C(NCc1ccccc1Br)c1cc(Br)ccc1I. The first-order chi connectivity index (χ1) is 9.08. The molecule has 0 fully saturated rings. The van der Waals surface area contributed by atoms with Crippen molar-refractivity contribution in [3.8, 4) is 0 Å². The monoisotopic (exact) mass is 493 g/mol. The van der Waals surface area contributed by atoms with Gasteiger partial charge in [-0.3, -0.25) is 4.79 Å². The van der Waals surface area contributed by atoms with Gasteiger partial charge in [0.1, 0.15) is 0 Å². The number of hydrogen-bond acceptors (Lipinski definition) is 1. The lowest BCUT2D eigenvalue weighted by Crippen LogP contribution is -2.23. The first-order valence-corrected chi connectivity index (χ1v) is 8.21. The van der Waals surface area contributed by atoms with Crippen LogP contribution in [0.15, 0.2) is 51.4 Å². The van der Waals surface area contributed by atoms with Crippen LogP contribution in [-0.4, -0.2) is 5.91 Å². The third-order valence-corrected chi connectivity index (χ3v) is 4.78. The lowest BCUT2D eigenvalue weighted by Gasteiger charge is -2.08. The standard InChI is InChI=1S/C14H10Br2INO/c15-10-5-6-13(17)11(7-10)14(19)18-8-9-3-1-2-4-12(9)16/h1-7H,8H2,(H,18,19). The van der Waals surface area contributed by atoms with E-state index >= 15 is 0 Å². The molecular formula is C14H10Br2INO. The average molecular weight is 495 g/mol. The van der Waals surface area contributed by atoms with Gasteiger partial charge in [-0.2, -0.15) is 0 Å². The largest absolute Gasteiger partial charge is 0.348 e. The number of rotatable bonds is 3. The molecule has 0 saturated heterocycles. The molecule has 19 heavy (non-hydrogen) atoms. The van der Waals surface area contributed by atoms with Crippen LogP contribution in [0.2, 0.25) is 0 Å². The van der Waals surface area contributed by atoms with Crippen molar-refractivity contribution < 1.29 is 4.79 Å². The van der Waals surface area contributed by atoms with Gasteiger partial charge in [-0.25, -0.2) is 0 Å². The van der Waals surface area contributed by atoms with E-state index in [-0.39, 0.29) is 5.91 Å². The summed E-state index contributed by atoms with van der Waals surface area (Å²) in [6.07, 6.45) is 0. The van der Waals surface area contributed by atoms with Crippen molar-refractivity contribution in [2.75, 3.05) is 0 Å². The molecule has 0 bridgehead atoms. The van der Waals surface area contributed by atoms with Gasteiger partial charge in [0, 0.05) is 19.1 Å². The van der Waals surface area contributed by atoms with E-state index in [0.717, 1.165) is 18.1 Å². The summed E-state index contributed by atoms with van der Waals surface area (Å²) in [5.41, 5.74) is 1.74. The average Bonchev–Trinajstić information content (AvgIpc) is 2.40. The number of nitrogens with one attached hydrogen (secondary N) is 1. The molecule has 0 saturated carbocycles. The van der Waals surface area contributed by atoms with Gasteiger partial charge >= 0.3 is 0 Å². The smallest absolute Gasteiger partial charge is 0.252 e. The van der Waals surface area contributed by atoms with E-state index in [1.54, 1.807) is 0 Å². The minimum atomic E-state index is -0.0681. The molecule has 0 atom stereocenters. The Morgan fingerprint density at radius 2 is 1.89 bits per heavy atom. The van der Waals surface area contributed by atoms with Gasteiger partial charge in [0.15, 0.2) is 0 Å². The summed E-state index contributed by atoms with van der Waals surface area (Å²) in [6.45, 7) is 0.503. The summed E-state index contributed by atoms with van der Waals surface area (Å²) in [6, 6.07) is 13.5. The molecule has 0 aromatic heterocycles. The summed E-state index contributed by atoms with van der Waals surface area (Å²) in [4.78, 5) is 12.2. The number of halogens is 3. The van der Waals surface area contributed by atoms with Crippen molar-refractivity contribution in [1.29, 1.82) is 0 Å². The van der Waals surface area contributed by atoms with Crippen LogP contribution in [0.25, 0.3) is 0 Å². The Morgan fingerprint density at radius 3 is 2.63 bits per heavy atom. The lowest BCUT2D eigenvalue weighted by molar-refractivity contribution is 0.0950. The maximum absolute atomic E-state index is 12.2. The Bertz CT molecular complexity index is 616. The lowest BCUT2D eigenvalue weighted by atomic mass is 10.2. The number of amides is 1. The summed E-state index contributed by atoms with van der Waals surface area (Å²) in [7, 11) is 0. The van der Waals surface area contributed by atoms with E-state index in [0.29, 0.717) is 12.1 Å². The van der Waals surface area contributed by atoms with Crippen LogP contribution in [-0.2, 0) is 6.54 Å². The Kier molecular flexibility index (Phi) is 5.41. The highest BCUT2D eigenvalue weighted by Gasteiger charge is 2.10. The third kappa shape index (κ3) is 4.03. The predicted molar refractivity (Wildman–Crippen MR) is 92.2 cm³/mol. The van der Waals surface area contributed by atoms with Crippen LogP contribution in [0, 0.1) is 3.57 Å². The van der Waals surface area contributed by atoms with Gasteiger partial charge in [0.05, 0.1) is 5.56 Å². The van der Waals surface area contributed by atoms with Crippen LogP contribution in [0.1, 0.15) is 15.9 Å². The van der Waals surface area contributed by atoms with Gasteiger partial charge in [-0.15, -0.1) is 0 Å². The van der Waals surface area contributed by atoms with E-state index in [1.165, 1.54) is 0 Å². The zero-order valence-electron chi connectivity index (χ0n) is 9.79. The molecule has 0 heterocycles. The molecule has 0 unspecified atom stereocenters. The zero-order valence-corrected chi connectivity index (χ0v) is 15.1. The van der Waals surface area contributed by atoms with E-state index in [4.69, 9.17) is 0 Å². The molecular weight excluding hydrogens is 485 g/mol. The summed E-state index contributed by atoms with van der Waals surface area (Å²) >= 11 is 9.01. The van der Waals surface area contributed by atoms with Crippen molar-refractivity contribution >= 4 is 60.4 Å². The molecule has 0 aliphatic carbocycles. The van der Waals surface area contributed by atoms with Crippen LogP contribution in [0.4, 0.5) is 0 Å². The molecule has 1 N–H and O–H groups in total. The summed E-state index contributed by atoms with van der Waals surface area (Å²) in [5.74, 6) is -0.0681. The highest BCUT2D eigenvalue weighted by molar-refractivity contribution is 14.1. The van der Waals surface area contributed by atoms with Gasteiger partial charge in [0.2, 0.25) is 0 Å². The second kappa shape index (κ2) is 6.85. The van der Waals surface area contributed by atoms with E-state index in [9.17, 15) is 4.79 Å². The highest BCUT2D eigenvalue weighted by Crippen LogP contribution is 2.19. The van der Waals surface area contributed by atoms with Gasteiger partial charge in [0.25, 0.3) is 5.91 Å². The van der Waals surface area contributed by atoms with E-state index in [2.05, 4.69) is 59.8 Å². The predicted octanol–water partition coefficient (Wildman–Crippen LogP) is 4.75. The number of carbonyl (C=O) groups excluding carboxylic acids is 1. The fourth-order valence-electron chi connectivity index (χ4n) is 1.58. The molecule has 0 spiro atoms. The molecule has 0 aliphatic heterocycles. The summed E-state index contributed by atoms with van der Waals surface area (Å²) in [5, 5.41) is 2.93. The second-order valence-electron chi connectivity index (χ2n) is 3.90. The Labute approximate surface area is 142 Å². The summed E-state index contributed by atoms with van der Waals surface area (Å²) < 4.78 is 2.84. The zero-order chi connectivity index (χ0) is 13.8. The first-order valence-electron chi connectivity index (χ1n) is 5.54. The normalized spacial score (nSPS) is 10.3. The molecule has 1 amide bonds. The molecule has 0 aliphatic rings. The van der Waals surface area contributed by atoms with Crippen molar-refractivity contribution in [1.82, 2.24) is 5.32 Å². The Hall–Kier alpha value is -0.400. The van der Waals surface area contributed by atoms with Crippen LogP contribution >= 0.6 is 54.5 Å². The maximum atomic E-state index is 12.2. The van der Waals surface area contributed by atoms with Crippen LogP contribution in [0.5, 0.6) is 0 Å². The van der Waals surface area contributed by atoms with Crippen LogP contribution < -0.4 is 5.32 Å². The van der Waals surface area contributed by atoms with Gasteiger partial charge in [-0.1, -0.05) is 50.1 Å². The van der Waals surface area contributed by atoms with E-state index < -0.39 is 0 Å². The number of carbonyl (C=O) groups is 1. The third-order valence-electron chi connectivity index (χ3n) is 2.57. The quantitative estimate of drug-likeness (QED) is 0.613. The molecule has 5 heteroatoms. The minimum absolute atomic E-state index is 0.0681. The van der Waals surface area contributed by atoms with E-state index in [1.807, 2.05) is 42.5 Å². The number of hydrogen-bond donors (Lipinski definition) is 1. The van der Waals surface area contributed by atoms with Crippen molar-refractivity contribution in [2.45, 2.75) is 6.54 Å². The van der Waals surface area contributed by atoms with Gasteiger partial charge < -0.3 is 5.32 Å². The molecule has 2 rings (SSSR count). The minimum Gasteiger partial charge on any atom is -0.348 e. The number of benzene rings is 2. The topological polar surface area (TPSA) is 29.1 Å². The maximum Gasteiger partial charge on any atom is 0.252 e. The van der Waals surface area contributed by atoms with Crippen molar-refractivity contribution in [3.63, 3.8) is 0 Å². The molecule has 0 radical (unpaired) electrons. The molecule has 98 valence electrons. The first kappa shape index (κ1) is 15.0. The molecule has 2 aromatic carbocycles. The fourth-order valence-corrected chi connectivity index (χ4v) is 2.95. The van der Waals surface area contributed by atoms with Crippen LogP contribution in [0.3, 0.4) is 0 Å². The van der Waals surface area contributed by atoms with Crippen molar-refractivity contribution in [3.05, 3.63) is 66.1 Å². The second-order valence-corrected chi connectivity index (χ2v) is 6.83.